The first-order valence-corrected chi connectivity index (χ1v) is 8.64. The Labute approximate surface area is 127 Å². The average molecular weight is 337 g/mol. The van der Waals surface area contributed by atoms with Crippen LogP contribution in [-0.2, 0) is 9.84 Å². The maximum Gasteiger partial charge on any atom is 0.319 e. The molecule has 1 saturated heterocycles. The fourth-order valence-electron chi connectivity index (χ4n) is 2.04. The summed E-state index contributed by atoms with van der Waals surface area (Å²) in [6.45, 7) is 0.313. The molecule has 1 fully saturated rings. The van der Waals surface area contributed by atoms with Crippen LogP contribution in [0.1, 0.15) is 6.42 Å². The van der Waals surface area contributed by atoms with E-state index < -0.39 is 15.9 Å². The van der Waals surface area contributed by atoms with Crippen molar-refractivity contribution in [2.45, 2.75) is 6.42 Å². The van der Waals surface area contributed by atoms with Crippen molar-refractivity contribution in [1.29, 1.82) is 0 Å². The largest absolute Gasteiger partial charge is 0.338 e. The van der Waals surface area contributed by atoms with Crippen molar-refractivity contribution >= 4 is 44.8 Å². The molecule has 1 aromatic rings. The van der Waals surface area contributed by atoms with Gasteiger partial charge in [0, 0.05) is 6.54 Å². The summed E-state index contributed by atoms with van der Waals surface area (Å²) in [7, 11) is -2.93. The van der Waals surface area contributed by atoms with Gasteiger partial charge >= 0.3 is 6.03 Å². The van der Waals surface area contributed by atoms with Crippen LogP contribution in [0.25, 0.3) is 0 Å². The lowest BCUT2D eigenvalue weighted by molar-refractivity contribution is 0.250. The van der Waals surface area contributed by atoms with E-state index in [0.29, 0.717) is 28.7 Å². The average Bonchev–Trinajstić information content (AvgIpc) is 2.71. The number of para-hydroxylation sites is 1. The second-order valence-electron chi connectivity index (χ2n) is 4.70. The Hall–Kier alpha value is -0.980. The highest BCUT2D eigenvalue weighted by Crippen LogP contribution is 2.29. The van der Waals surface area contributed by atoms with Crippen molar-refractivity contribution in [3.8, 4) is 0 Å². The summed E-state index contributed by atoms with van der Waals surface area (Å²) >= 11 is 11.9. The van der Waals surface area contributed by atoms with Crippen LogP contribution in [0.5, 0.6) is 0 Å². The first-order valence-electron chi connectivity index (χ1n) is 6.07. The van der Waals surface area contributed by atoms with Crippen LogP contribution in [0.3, 0.4) is 0 Å². The molecule has 5 nitrogen and oxygen atoms in total. The fourth-order valence-corrected chi connectivity index (χ4v) is 4.40. The minimum absolute atomic E-state index is 0.0348. The Balaban J connectivity index is 1.87. The predicted molar refractivity (Wildman–Crippen MR) is 80.2 cm³/mol. The molecular formula is C12H14Cl2N2O3S. The fraction of sp³-hybridized carbons (Fsp3) is 0.417. The number of rotatable bonds is 3. The normalized spacial score (nSPS) is 20.6. The molecule has 20 heavy (non-hydrogen) atoms. The van der Waals surface area contributed by atoms with Crippen LogP contribution < -0.4 is 10.6 Å². The number of hydrogen-bond donors (Lipinski definition) is 2. The van der Waals surface area contributed by atoms with E-state index in [-0.39, 0.29) is 17.4 Å². The highest BCUT2D eigenvalue weighted by molar-refractivity contribution is 7.91. The lowest BCUT2D eigenvalue weighted by Crippen LogP contribution is -2.33. The molecule has 0 aromatic heterocycles. The van der Waals surface area contributed by atoms with Crippen molar-refractivity contribution in [1.82, 2.24) is 5.32 Å². The van der Waals surface area contributed by atoms with Gasteiger partial charge in [-0.05, 0) is 24.5 Å². The highest BCUT2D eigenvalue weighted by Gasteiger charge is 2.27. The van der Waals surface area contributed by atoms with E-state index in [2.05, 4.69) is 10.6 Å². The minimum Gasteiger partial charge on any atom is -0.338 e. The summed E-state index contributed by atoms with van der Waals surface area (Å²) in [6.07, 6.45) is 0.579. The summed E-state index contributed by atoms with van der Waals surface area (Å²) < 4.78 is 22.6. The van der Waals surface area contributed by atoms with Gasteiger partial charge in [0.05, 0.1) is 27.2 Å². The van der Waals surface area contributed by atoms with Crippen LogP contribution >= 0.6 is 23.2 Å². The number of amides is 2. The lowest BCUT2D eigenvalue weighted by atomic mass is 10.1. The Kier molecular flexibility index (Phi) is 4.78. The van der Waals surface area contributed by atoms with Gasteiger partial charge in [-0.1, -0.05) is 29.3 Å². The van der Waals surface area contributed by atoms with Gasteiger partial charge < -0.3 is 10.6 Å². The minimum atomic E-state index is -2.93. The standard InChI is InChI=1S/C12H14Cl2N2O3S/c13-9-2-1-3-10(14)11(9)16-12(17)15-6-8-4-5-20(18,19)7-8/h1-3,8H,4-7H2,(H2,15,16,17). The number of anilines is 1. The number of benzene rings is 1. The van der Waals surface area contributed by atoms with Crippen LogP contribution in [0.15, 0.2) is 18.2 Å². The molecule has 1 unspecified atom stereocenters. The molecule has 0 bridgehead atoms. The van der Waals surface area contributed by atoms with E-state index in [1.54, 1.807) is 18.2 Å². The summed E-state index contributed by atoms with van der Waals surface area (Å²) in [6, 6.07) is 4.46. The maximum atomic E-state index is 11.7. The van der Waals surface area contributed by atoms with E-state index in [4.69, 9.17) is 23.2 Å². The van der Waals surface area contributed by atoms with Crippen molar-refractivity contribution in [2.24, 2.45) is 5.92 Å². The third-order valence-corrected chi connectivity index (χ3v) is 5.55. The SMILES string of the molecule is O=C(NCC1CCS(=O)(=O)C1)Nc1c(Cl)cccc1Cl. The third kappa shape index (κ3) is 4.01. The van der Waals surface area contributed by atoms with Gasteiger partial charge in [-0.2, -0.15) is 0 Å². The molecule has 0 radical (unpaired) electrons. The van der Waals surface area contributed by atoms with Crippen LogP contribution in [-0.4, -0.2) is 32.5 Å². The summed E-state index contributed by atoms with van der Waals surface area (Å²) in [5, 5.41) is 5.88. The monoisotopic (exact) mass is 336 g/mol. The Morgan fingerprint density at radius 1 is 1.30 bits per heavy atom. The molecule has 2 rings (SSSR count). The highest BCUT2D eigenvalue weighted by atomic mass is 35.5. The molecule has 0 aliphatic carbocycles. The van der Waals surface area contributed by atoms with Crippen LogP contribution in [0.4, 0.5) is 10.5 Å². The predicted octanol–water partition coefficient (Wildman–Crippen LogP) is 2.55. The molecule has 1 atom stereocenters. The van der Waals surface area contributed by atoms with Gasteiger partial charge in [-0.3, -0.25) is 0 Å². The van der Waals surface area contributed by atoms with Gasteiger partial charge in [0.2, 0.25) is 0 Å². The molecule has 0 saturated carbocycles. The molecule has 0 spiro atoms. The van der Waals surface area contributed by atoms with Crippen LogP contribution in [0.2, 0.25) is 10.0 Å². The van der Waals surface area contributed by atoms with E-state index in [9.17, 15) is 13.2 Å². The number of hydrogen-bond acceptors (Lipinski definition) is 3. The Bertz CT molecular complexity index is 599. The summed E-state index contributed by atoms with van der Waals surface area (Å²) in [4.78, 5) is 11.7. The molecule has 1 aliphatic rings. The molecule has 8 heteroatoms. The van der Waals surface area contributed by atoms with E-state index in [1.165, 1.54) is 0 Å². The zero-order valence-electron chi connectivity index (χ0n) is 10.5. The molecular weight excluding hydrogens is 323 g/mol. The lowest BCUT2D eigenvalue weighted by Gasteiger charge is -2.12. The van der Waals surface area contributed by atoms with Crippen molar-refractivity contribution in [3.05, 3.63) is 28.2 Å². The second kappa shape index (κ2) is 6.20. The number of nitrogens with one attached hydrogen (secondary N) is 2. The van der Waals surface area contributed by atoms with Gasteiger partial charge in [0.1, 0.15) is 0 Å². The summed E-state index contributed by atoms with van der Waals surface area (Å²) in [5.41, 5.74) is 0.340. The van der Waals surface area contributed by atoms with Crippen molar-refractivity contribution in [2.75, 3.05) is 23.4 Å². The third-order valence-electron chi connectivity index (χ3n) is 3.08. The number of urea groups is 1. The molecule has 2 amide bonds. The number of halogens is 2. The first-order chi connectivity index (χ1) is 9.37. The molecule has 1 aliphatic heterocycles. The summed E-state index contributed by atoms with van der Waals surface area (Å²) in [5.74, 6) is 0.282. The van der Waals surface area contributed by atoms with E-state index >= 15 is 0 Å². The number of sulfone groups is 1. The second-order valence-corrected chi connectivity index (χ2v) is 7.74. The first kappa shape index (κ1) is 15.4. The molecule has 1 aromatic carbocycles. The molecule has 1 heterocycles. The Morgan fingerprint density at radius 2 is 1.95 bits per heavy atom. The number of carbonyl (C=O) groups is 1. The van der Waals surface area contributed by atoms with Gasteiger partial charge in [-0.25, -0.2) is 13.2 Å². The van der Waals surface area contributed by atoms with Gasteiger partial charge in [0.25, 0.3) is 0 Å². The maximum absolute atomic E-state index is 11.7. The zero-order valence-corrected chi connectivity index (χ0v) is 12.9. The zero-order chi connectivity index (χ0) is 14.8. The van der Waals surface area contributed by atoms with Crippen molar-refractivity contribution < 1.29 is 13.2 Å². The van der Waals surface area contributed by atoms with Crippen molar-refractivity contribution in [3.63, 3.8) is 0 Å². The Morgan fingerprint density at radius 3 is 2.50 bits per heavy atom. The van der Waals surface area contributed by atoms with E-state index in [1.807, 2.05) is 0 Å². The van der Waals surface area contributed by atoms with Gasteiger partial charge in [-0.15, -0.1) is 0 Å². The topological polar surface area (TPSA) is 75.3 Å². The van der Waals surface area contributed by atoms with E-state index in [0.717, 1.165) is 0 Å². The quantitative estimate of drug-likeness (QED) is 0.890. The smallest absolute Gasteiger partial charge is 0.319 e. The molecule has 2 N–H and O–H groups in total. The number of carbonyl (C=O) groups excluding carboxylic acids is 1. The van der Waals surface area contributed by atoms with Crippen LogP contribution in [0, 0.1) is 5.92 Å². The molecule has 110 valence electrons. The van der Waals surface area contributed by atoms with Gasteiger partial charge in [0.15, 0.2) is 9.84 Å².